The summed E-state index contributed by atoms with van der Waals surface area (Å²) in [5, 5.41) is 6.53. The van der Waals surface area contributed by atoms with E-state index in [9.17, 15) is 44.7 Å². The van der Waals surface area contributed by atoms with Crippen LogP contribution in [-0.4, -0.2) is 36.9 Å². The van der Waals surface area contributed by atoms with Crippen LogP contribution in [0.2, 0.25) is 0 Å². The van der Waals surface area contributed by atoms with Crippen LogP contribution in [0.5, 0.6) is 0 Å². The molecular formula is C24H18F8N6O2. The van der Waals surface area contributed by atoms with E-state index in [0.717, 1.165) is 24.7 Å². The van der Waals surface area contributed by atoms with Crippen molar-refractivity contribution < 1.29 is 35.1 Å². The molecule has 3 aromatic heterocycles. The summed E-state index contributed by atoms with van der Waals surface area (Å²) in [5.74, 6) is -2.43. The fourth-order valence-electron chi connectivity index (χ4n) is 4.05. The monoisotopic (exact) mass is 574 g/mol. The van der Waals surface area contributed by atoms with Crippen molar-refractivity contribution in [2.45, 2.75) is 44.7 Å². The first-order valence-electron chi connectivity index (χ1n) is 11.4. The fourth-order valence-corrected chi connectivity index (χ4v) is 4.05. The lowest BCUT2D eigenvalue weighted by Crippen LogP contribution is -2.30. The summed E-state index contributed by atoms with van der Waals surface area (Å²) in [6.45, 7) is 0.601. The molecule has 2 atom stereocenters. The van der Waals surface area contributed by atoms with Crippen LogP contribution >= 0.6 is 0 Å². The van der Waals surface area contributed by atoms with E-state index in [1.54, 1.807) is 5.10 Å². The van der Waals surface area contributed by atoms with Gasteiger partial charge in [-0.3, -0.25) is 9.59 Å². The van der Waals surface area contributed by atoms with E-state index in [0.29, 0.717) is 16.8 Å². The number of hydrogen-bond donors (Lipinski definition) is 2. The van der Waals surface area contributed by atoms with Gasteiger partial charge in [0.25, 0.3) is 17.5 Å². The minimum Gasteiger partial charge on any atom is -0.381 e. The summed E-state index contributed by atoms with van der Waals surface area (Å²) in [6, 6.07) is 0.625. The Bertz CT molecular complexity index is 1650. The Morgan fingerprint density at radius 2 is 1.68 bits per heavy atom. The maximum absolute atomic E-state index is 14.9. The van der Waals surface area contributed by atoms with Crippen molar-refractivity contribution in [2.24, 2.45) is 0 Å². The minimum atomic E-state index is -5.01. The van der Waals surface area contributed by atoms with Crippen molar-refractivity contribution in [3.8, 4) is 11.4 Å². The van der Waals surface area contributed by atoms with E-state index < -0.39 is 82.7 Å². The molecule has 4 aromatic rings. The van der Waals surface area contributed by atoms with Crippen molar-refractivity contribution in [1.82, 2.24) is 24.7 Å². The van der Waals surface area contributed by atoms with E-state index in [-0.39, 0.29) is 16.8 Å². The maximum Gasteiger partial charge on any atom is 0.423 e. The van der Waals surface area contributed by atoms with Gasteiger partial charge in [0.05, 0.1) is 34.9 Å². The van der Waals surface area contributed by atoms with Crippen LogP contribution in [0.25, 0.3) is 22.2 Å². The number of alkyl halides is 6. The third-order valence-corrected chi connectivity index (χ3v) is 5.84. The second-order valence-corrected chi connectivity index (χ2v) is 8.82. The first-order valence-corrected chi connectivity index (χ1v) is 11.4. The normalized spacial score (nSPS) is 13.6. The van der Waals surface area contributed by atoms with Crippen molar-refractivity contribution in [3.63, 3.8) is 0 Å². The van der Waals surface area contributed by atoms with Crippen LogP contribution in [0.15, 0.2) is 46.5 Å². The topological polar surface area (TPSA) is 106 Å². The minimum absolute atomic E-state index is 0.332. The predicted molar refractivity (Wildman–Crippen MR) is 127 cm³/mol. The Morgan fingerprint density at radius 3 is 2.30 bits per heavy atom. The zero-order valence-electron chi connectivity index (χ0n) is 20.2. The van der Waals surface area contributed by atoms with Gasteiger partial charge >= 0.3 is 6.18 Å². The molecule has 0 spiro atoms. The lowest BCUT2D eigenvalue weighted by Gasteiger charge is -2.20. The van der Waals surface area contributed by atoms with Crippen molar-refractivity contribution in [1.29, 1.82) is 0 Å². The molecule has 16 heteroatoms. The van der Waals surface area contributed by atoms with Crippen molar-refractivity contribution in [2.75, 3.05) is 5.32 Å². The number of nitrogens with one attached hydrogen (secondary N) is 2. The number of aromatic amines is 1. The van der Waals surface area contributed by atoms with Crippen molar-refractivity contribution >= 4 is 16.5 Å². The number of nitrogens with zero attached hydrogens (tertiary/aromatic N) is 4. The molecule has 0 aliphatic rings. The summed E-state index contributed by atoms with van der Waals surface area (Å²) in [4.78, 5) is 31.8. The summed E-state index contributed by atoms with van der Waals surface area (Å²) < 4.78 is 110. The second-order valence-electron chi connectivity index (χ2n) is 8.82. The number of hydrogen-bond acceptors (Lipinski definition) is 6. The number of rotatable bonds is 8. The molecule has 2 N–H and O–H groups in total. The number of pyridine rings is 1. The van der Waals surface area contributed by atoms with E-state index in [1.165, 1.54) is 6.92 Å². The highest BCUT2D eigenvalue weighted by Gasteiger charge is 2.37. The van der Waals surface area contributed by atoms with Gasteiger partial charge in [-0.1, -0.05) is 0 Å². The van der Waals surface area contributed by atoms with E-state index in [2.05, 4.69) is 20.4 Å². The van der Waals surface area contributed by atoms with E-state index in [4.69, 9.17) is 0 Å². The molecule has 3 heterocycles. The maximum atomic E-state index is 14.9. The van der Waals surface area contributed by atoms with Crippen LogP contribution in [0.4, 0.5) is 40.8 Å². The lowest BCUT2D eigenvalue weighted by molar-refractivity contribution is -0.138. The molecule has 0 bridgehead atoms. The molecule has 4 rings (SSSR count). The quantitative estimate of drug-likeness (QED) is 0.287. The molecule has 0 unspecified atom stereocenters. The fraction of sp³-hybridized carbons (Fsp3) is 0.292. The number of halogens is 8. The van der Waals surface area contributed by atoms with Gasteiger partial charge in [0, 0.05) is 36.4 Å². The summed E-state index contributed by atoms with van der Waals surface area (Å²) in [7, 11) is 0. The van der Waals surface area contributed by atoms with E-state index >= 15 is 0 Å². The van der Waals surface area contributed by atoms with Gasteiger partial charge < -0.3 is 9.88 Å². The number of fused-ring (bicyclic) bond motifs is 1. The third kappa shape index (κ3) is 5.94. The molecule has 0 radical (unpaired) electrons. The molecule has 0 saturated heterocycles. The first-order chi connectivity index (χ1) is 18.8. The Balaban J connectivity index is 1.55. The molecule has 212 valence electrons. The highest BCUT2D eigenvalue weighted by molar-refractivity contribution is 5.86. The molecule has 0 amide bonds. The van der Waals surface area contributed by atoms with Crippen molar-refractivity contribution in [3.05, 3.63) is 80.4 Å². The van der Waals surface area contributed by atoms with Crippen LogP contribution in [-0.2, 0) is 12.7 Å². The molecule has 0 aliphatic carbocycles. The van der Waals surface area contributed by atoms with Gasteiger partial charge in [-0.25, -0.2) is 37.0 Å². The second kappa shape index (κ2) is 11.0. The molecule has 0 saturated carbocycles. The average Bonchev–Trinajstić information content (AvgIpc) is 2.86. The Morgan fingerprint density at radius 1 is 1.00 bits per heavy atom. The molecule has 0 aliphatic heterocycles. The number of aromatic nitrogens is 5. The zero-order chi connectivity index (χ0) is 29.4. The van der Waals surface area contributed by atoms with Gasteiger partial charge in [0.1, 0.15) is 23.4 Å². The van der Waals surface area contributed by atoms with Gasteiger partial charge in [-0.2, -0.15) is 18.3 Å². The summed E-state index contributed by atoms with van der Waals surface area (Å²) >= 11 is 0. The SMILES string of the molecule is C[C@@H](C[C@@H](F)Cn1cc(F)c2cc(-c3ncc(C(F)F)cn3)c(F)cc2c1=O)Nc1cn[nH]c(=O)c1C(F)(F)F. The highest BCUT2D eigenvalue weighted by Crippen LogP contribution is 2.32. The summed E-state index contributed by atoms with van der Waals surface area (Å²) in [5.41, 5.74) is -5.55. The smallest absolute Gasteiger partial charge is 0.381 e. The van der Waals surface area contributed by atoms with Gasteiger partial charge in [0.2, 0.25) is 0 Å². The molecule has 40 heavy (non-hydrogen) atoms. The Kier molecular flexibility index (Phi) is 7.88. The Hall–Kier alpha value is -4.37. The number of anilines is 1. The molecule has 8 nitrogen and oxygen atoms in total. The average molecular weight is 574 g/mol. The lowest BCUT2D eigenvalue weighted by atomic mass is 10.1. The van der Waals surface area contributed by atoms with Crippen LogP contribution in [0.3, 0.4) is 0 Å². The number of benzene rings is 1. The zero-order valence-corrected chi connectivity index (χ0v) is 20.2. The van der Waals surface area contributed by atoms with Crippen LogP contribution in [0.1, 0.15) is 30.9 Å². The largest absolute Gasteiger partial charge is 0.423 e. The van der Waals surface area contributed by atoms with Crippen LogP contribution in [0, 0.1) is 11.6 Å². The van der Waals surface area contributed by atoms with Gasteiger partial charge in [-0.05, 0) is 19.1 Å². The van der Waals surface area contributed by atoms with Gasteiger partial charge in [-0.15, -0.1) is 0 Å². The Labute approximate surface area is 218 Å². The van der Waals surface area contributed by atoms with Crippen LogP contribution < -0.4 is 16.4 Å². The molecular weight excluding hydrogens is 556 g/mol. The van der Waals surface area contributed by atoms with E-state index in [1.807, 2.05) is 0 Å². The molecule has 1 aromatic carbocycles. The van der Waals surface area contributed by atoms with Gasteiger partial charge in [0.15, 0.2) is 5.82 Å². The standard InChI is InChI=1S/C24H18F8N6O2/c1-10(36-18-7-35-37-22(39)19(18)24(30,31)32)2-12(25)8-38-9-17(27)13-3-15(16(26)4-14(13)23(38)40)21-33-5-11(6-34-21)20(28)29/h3-7,9-10,12,20H,2,8H2,1H3,(H2,36,37,39)/t10-,12+/m0/s1. The predicted octanol–water partition coefficient (Wildman–Crippen LogP) is 5.01. The highest BCUT2D eigenvalue weighted by atomic mass is 19.4. The number of H-pyrrole nitrogens is 1. The molecule has 0 fully saturated rings. The summed E-state index contributed by atoms with van der Waals surface area (Å²) in [6.07, 6.45) is -7.26. The first kappa shape index (κ1) is 28.6. The third-order valence-electron chi connectivity index (χ3n) is 5.84.